The molecule has 0 unspecified atom stereocenters. The largest absolute Gasteiger partial charge is 0.370 e. The average molecular weight is 459 g/mol. The molecule has 0 atom stereocenters. The van der Waals surface area contributed by atoms with Crippen molar-refractivity contribution >= 4 is 39.5 Å². The van der Waals surface area contributed by atoms with E-state index < -0.39 is 0 Å². The first-order valence-electron chi connectivity index (χ1n) is 11.2. The summed E-state index contributed by atoms with van der Waals surface area (Å²) < 4.78 is 1.70. The number of thiophene rings is 1. The van der Waals surface area contributed by atoms with Crippen molar-refractivity contribution in [1.29, 1.82) is 0 Å². The number of nitrogens with one attached hydrogen (secondary N) is 1. The minimum atomic E-state index is -0.0944. The van der Waals surface area contributed by atoms with Gasteiger partial charge in [-0.2, -0.15) is 0 Å². The molecule has 168 valence electrons. The van der Waals surface area contributed by atoms with Gasteiger partial charge in [-0.15, -0.1) is 11.3 Å². The zero-order chi connectivity index (χ0) is 22.8. The normalized spacial score (nSPS) is 13.5. The van der Waals surface area contributed by atoms with Crippen LogP contribution in [-0.4, -0.2) is 28.5 Å². The van der Waals surface area contributed by atoms with Gasteiger partial charge < -0.3 is 10.2 Å². The Balaban J connectivity index is 1.56. The molecule has 0 saturated carbocycles. The summed E-state index contributed by atoms with van der Waals surface area (Å²) in [5.41, 5.74) is 3.23. The van der Waals surface area contributed by atoms with Gasteiger partial charge in [-0.25, -0.2) is 4.98 Å². The average Bonchev–Trinajstić information content (AvgIpc) is 3.52. The topological polar surface area (TPSA) is 67.2 Å². The third kappa shape index (κ3) is 4.54. The molecule has 1 aliphatic heterocycles. The minimum absolute atomic E-state index is 0.0815. The Morgan fingerprint density at radius 3 is 2.61 bits per heavy atom. The van der Waals surface area contributed by atoms with Gasteiger partial charge in [0.05, 0.1) is 35.2 Å². The number of hydrogen-bond donors (Lipinski definition) is 1. The number of amides is 1. The second-order valence-corrected chi connectivity index (χ2v) is 9.45. The Kier molecular flexibility index (Phi) is 5.96. The van der Waals surface area contributed by atoms with Crippen LogP contribution in [0.5, 0.6) is 0 Å². The fraction of sp³-hybridized carbons (Fsp3) is 0.269. The summed E-state index contributed by atoms with van der Waals surface area (Å²) in [5.74, 6) is 0.597. The number of aromatic nitrogens is 2. The maximum atomic E-state index is 13.5. The maximum absolute atomic E-state index is 13.5. The van der Waals surface area contributed by atoms with E-state index in [1.54, 1.807) is 15.9 Å². The Labute approximate surface area is 196 Å². The molecular weight excluding hydrogens is 432 g/mol. The van der Waals surface area contributed by atoms with Crippen LogP contribution < -0.4 is 15.8 Å². The van der Waals surface area contributed by atoms with E-state index in [1.165, 1.54) is 0 Å². The van der Waals surface area contributed by atoms with Crippen LogP contribution in [0.3, 0.4) is 0 Å². The molecule has 1 aliphatic rings. The molecule has 33 heavy (non-hydrogen) atoms. The molecule has 7 heteroatoms. The lowest BCUT2D eigenvalue weighted by molar-refractivity contribution is -0.115. The lowest BCUT2D eigenvalue weighted by atomic mass is 10.1. The molecule has 3 heterocycles. The van der Waals surface area contributed by atoms with Crippen LogP contribution in [0.15, 0.2) is 64.8 Å². The lowest BCUT2D eigenvalue weighted by Crippen LogP contribution is -2.26. The molecule has 2 aromatic carbocycles. The van der Waals surface area contributed by atoms with Gasteiger partial charge >= 0.3 is 0 Å². The number of anilines is 2. The van der Waals surface area contributed by atoms with Crippen molar-refractivity contribution in [3.63, 3.8) is 0 Å². The molecule has 0 spiro atoms. The van der Waals surface area contributed by atoms with Crippen LogP contribution in [0.2, 0.25) is 0 Å². The van der Waals surface area contributed by atoms with Gasteiger partial charge in [-0.3, -0.25) is 14.2 Å². The number of carbonyl (C=O) groups excluding carboxylic acids is 1. The number of hydrogen-bond acceptors (Lipinski definition) is 5. The highest BCUT2D eigenvalue weighted by Gasteiger charge is 2.20. The third-order valence-electron chi connectivity index (χ3n) is 6.08. The second kappa shape index (κ2) is 9.19. The molecule has 4 aromatic rings. The van der Waals surface area contributed by atoms with Crippen molar-refractivity contribution < 1.29 is 4.79 Å². The van der Waals surface area contributed by atoms with Gasteiger partial charge in [-0.1, -0.05) is 36.4 Å². The second-order valence-electron chi connectivity index (χ2n) is 8.42. The van der Waals surface area contributed by atoms with Crippen LogP contribution in [-0.2, 0) is 17.8 Å². The van der Waals surface area contributed by atoms with Crippen molar-refractivity contribution in [2.45, 2.75) is 32.7 Å². The van der Waals surface area contributed by atoms with Gasteiger partial charge in [0.25, 0.3) is 5.56 Å². The van der Waals surface area contributed by atoms with E-state index in [9.17, 15) is 9.59 Å². The lowest BCUT2D eigenvalue weighted by Gasteiger charge is -2.22. The van der Waals surface area contributed by atoms with E-state index in [0.29, 0.717) is 35.4 Å². The van der Waals surface area contributed by atoms with E-state index in [2.05, 4.69) is 10.2 Å². The van der Waals surface area contributed by atoms with E-state index in [-0.39, 0.29) is 11.5 Å². The van der Waals surface area contributed by atoms with E-state index >= 15 is 0 Å². The highest BCUT2D eigenvalue weighted by atomic mass is 32.1. The highest BCUT2D eigenvalue weighted by molar-refractivity contribution is 7.10. The summed E-state index contributed by atoms with van der Waals surface area (Å²) in [7, 11) is 0. The summed E-state index contributed by atoms with van der Waals surface area (Å²) in [6.07, 6.45) is 2.55. The molecule has 5 rings (SSSR count). The van der Waals surface area contributed by atoms with E-state index in [1.807, 2.05) is 66.9 Å². The smallest absolute Gasteiger partial charge is 0.261 e. The summed E-state index contributed by atoms with van der Waals surface area (Å²) in [4.78, 5) is 34.3. The quantitative estimate of drug-likeness (QED) is 0.459. The van der Waals surface area contributed by atoms with Crippen molar-refractivity contribution in [1.82, 2.24) is 9.55 Å². The van der Waals surface area contributed by atoms with Crippen molar-refractivity contribution in [2.75, 3.05) is 23.3 Å². The van der Waals surface area contributed by atoms with Gasteiger partial charge in [-0.05, 0) is 48.9 Å². The first-order valence-corrected chi connectivity index (χ1v) is 12.1. The molecule has 6 nitrogen and oxygen atoms in total. The molecule has 0 bridgehead atoms. The maximum Gasteiger partial charge on any atom is 0.261 e. The molecule has 1 N–H and O–H groups in total. The molecular formula is C26H26N4O2S. The predicted octanol–water partition coefficient (Wildman–Crippen LogP) is 4.60. The molecule has 1 saturated heterocycles. The van der Waals surface area contributed by atoms with Crippen LogP contribution in [0.1, 0.15) is 29.1 Å². The first kappa shape index (κ1) is 21.4. The minimum Gasteiger partial charge on any atom is -0.370 e. The van der Waals surface area contributed by atoms with Crippen molar-refractivity contribution in [2.24, 2.45) is 0 Å². The Morgan fingerprint density at radius 1 is 1.09 bits per heavy atom. The van der Waals surface area contributed by atoms with Gasteiger partial charge in [0.2, 0.25) is 5.91 Å². The number of nitrogens with zero attached hydrogens (tertiary/aromatic N) is 3. The standard InChI is InChI=1S/C26H26N4O2S/c1-18-27-22-16-24(29-11-5-6-12-29)23(28-25(31)14-20-10-7-13-33-20)15-21(22)26(32)30(18)17-19-8-3-2-4-9-19/h2-4,7-10,13,15-16H,5-6,11-12,14,17H2,1H3,(H,28,31). The van der Waals surface area contributed by atoms with E-state index in [0.717, 1.165) is 42.1 Å². The van der Waals surface area contributed by atoms with Gasteiger partial charge in [0.1, 0.15) is 5.82 Å². The summed E-state index contributed by atoms with van der Waals surface area (Å²) in [5, 5.41) is 5.57. The number of carbonyl (C=O) groups is 1. The Hall–Kier alpha value is -3.45. The third-order valence-corrected chi connectivity index (χ3v) is 6.96. The van der Waals surface area contributed by atoms with E-state index in [4.69, 9.17) is 4.98 Å². The molecule has 2 aromatic heterocycles. The summed E-state index contributed by atoms with van der Waals surface area (Å²) >= 11 is 1.57. The SMILES string of the molecule is Cc1nc2cc(N3CCCC3)c(NC(=O)Cc3cccs3)cc2c(=O)n1Cc1ccccc1. The number of rotatable bonds is 6. The van der Waals surface area contributed by atoms with Crippen LogP contribution in [0.25, 0.3) is 10.9 Å². The van der Waals surface area contributed by atoms with Crippen molar-refractivity contribution in [3.05, 3.63) is 86.6 Å². The monoisotopic (exact) mass is 458 g/mol. The number of benzene rings is 2. The summed E-state index contributed by atoms with van der Waals surface area (Å²) in [6, 6.07) is 17.6. The fourth-order valence-electron chi connectivity index (χ4n) is 4.41. The molecule has 1 fully saturated rings. The van der Waals surface area contributed by atoms with Crippen molar-refractivity contribution in [3.8, 4) is 0 Å². The zero-order valence-corrected chi connectivity index (χ0v) is 19.4. The Morgan fingerprint density at radius 2 is 1.88 bits per heavy atom. The molecule has 0 radical (unpaired) electrons. The zero-order valence-electron chi connectivity index (χ0n) is 18.6. The highest BCUT2D eigenvalue weighted by Crippen LogP contribution is 2.32. The first-order chi connectivity index (χ1) is 16.1. The van der Waals surface area contributed by atoms with Crippen LogP contribution in [0, 0.1) is 6.92 Å². The van der Waals surface area contributed by atoms with Crippen LogP contribution in [0.4, 0.5) is 11.4 Å². The molecule has 0 aliphatic carbocycles. The van der Waals surface area contributed by atoms with Gasteiger partial charge in [0.15, 0.2) is 0 Å². The summed E-state index contributed by atoms with van der Waals surface area (Å²) in [6.45, 7) is 4.20. The molecule has 1 amide bonds. The number of fused-ring (bicyclic) bond motifs is 1. The number of aryl methyl sites for hydroxylation is 1. The predicted molar refractivity (Wildman–Crippen MR) is 134 cm³/mol. The fourth-order valence-corrected chi connectivity index (χ4v) is 5.11. The van der Waals surface area contributed by atoms with Crippen LogP contribution >= 0.6 is 11.3 Å². The van der Waals surface area contributed by atoms with Gasteiger partial charge in [0, 0.05) is 18.0 Å². The Bertz CT molecular complexity index is 1340.